The van der Waals surface area contributed by atoms with Crippen molar-refractivity contribution in [2.75, 3.05) is 31.1 Å². The van der Waals surface area contributed by atoms with Crippen molar-refractivity contribution >= 4 is 11.6 Å². The number of rotatable bonds is 4. The van der Waals surface area contributed by atoms with E-state index in [4.69, 9.17) is 4.42 Å². The molecular formula is C28H27N3O2. The van der Waals surface area contributed by atoms with Crippen molar-refractivity contribution in [1.82, 2.24) is 9.88 Å². The summed E-state index contributed by atoms with van der Waals surface area (Å²) in [5.74, 6) is 1.17. The Morgan fingerprint density at radius 1 is 0.848 bits per heavy atom. The van der Waals surface area contributed by atoms with E-state index in [1.165, 1.54) is 16.8 Å². The fourth-order valence-corrected chi connectivity index (χ4v) is 4.39. The molecule has 5 heteroatoms. The van der Waals surface area contributed by atoms with E-state index in [0.717, 1.165) is 24.2 Å². The molecule has 0 spiro atoms. The number of amides is 1. The van der Waals surface area contributed by atoms with Crippen LogP contribution in [0.4, 0.5) is 5.69 Å². The summed E-state index contributed by atoms with van der Waals surface area (Å²) in [7, 11) is 0. The van der Waals surface area contributed by atoms with Crippen LogP contribution in [-0.2, 0) is 0 Å². The molecule has 1 aliphatic heterocycles. The quantitative estimate of drug-likeness (QED) is 0.418. The Kier molecular flexibility index (Phi) is 5.69. The summed E-state index contributed by atoms with van der Waals surface area (Å²) in [6, 6.07) is 23.8. The summed E-state index contributed by atoms with van der Waals surface area (Å²) in [5.41, 5.74) is 6.17. The van der Waals surface area contributed by atoms with Crippen LogP contribution in [0, 0.1) is 13.8 Å². The van der Waals surface area contributed by atoms with Crippen molar-refractivity contribution in [2.45, 2.75) is 13.8 Å². The van der Waals surface area contributed by atoms with Crippen LogP contribution in [0.2, 0.25) is 0 Å². The highest BCUT2D eigenvalue weighted by molar-refractivity contribution is 6.00. The highest BCUT2D eigenvalue weighted by Crippen LogP contribution is 2.29. The lowest BCUT2D eigenvalue weighted by Crippen LogP contribution is -2.49. The highest BCUT2D eigenvalue weighted by Gasteiger charge is 2.26. The summed E-state index contributed by atoms with van der Waals surface area (Å²) in [5, 5.41) is 0. The molecule has 33 heavy (non-hydrogen) atoms. The van der Waals surface area contributed by atoms with Gasteiger partial charge in [-0.3, -0.25) is 4.79 Å². The minimum absolute atomic E-state index is 0.0191. The second-order valence-electron chi connectivity index (χ2n) is 8.44. The second-order valence-corrected chi connectivity index (χ2v) is 8.44. The summed E-state index contributed by atoms with van der Waals surface area (Å²) in [4.78, 5) is 22.3. The van der Waals surface area contributed by atoms with Gasteiger partial charge in [0.25, 0.3) is 5.91 Å². The van der Waals surface area contributed by atoms with Crippen LogP contribution >= 0.6 is 0 Å². The molecule has 1 aromatic heterocycles. The van der Waals surface area contributed by atoms with Crippen LogP contribution in [0.25, 0.3) is 22.8 Å². The molecule has 0 radical (unpaired) electrons. The molecule has 4 aromatic rings. The zero-order chi connectivity index (χ0) is 22.8. The first-order chi connectivity index (χ1) is 16.1. The first-order valence-corrected chi connectivity index (χ1v) is 11.3. The van der Waals surface area contributed by atoms with Crippen LogP contribution in [-0.4, -0.2) is 42.0 Å². The van der Waals surface area contributed by atoms with Crippen LogP contribution in [0.15, 0.2) is 83.4 Å². The van der Waals surface area contributed by atoms with Gasteiger partial charge in [0.1, 0.15) is 0 Å². The molecular weight excluding hydrogens is 410 g/mol. The Hall–Kier alpha value is -3.86. The zero-order valence-corrected chi connectivity index (χ0v) is 19.0. The minimum Gasteiger partial charge on any atom is -0.436 e. The predicted octanol–water partition coefficient (Wildman–Crippen LogP) is 5.59. The van der Waals surface area contributed by atoms with Crippen molar-refractivity contribution in [3.63, 3.8) is 0 Å². The summed E-state index contributed by atoms with van der Waals surface area (Å²) in [6.07, 6.45) is 1.72. The van der Waals surface area contributed by atoms with E-state index in [9.17, 15) is 4.79 Å². The van der Waals surface area contributed by atoms with Gasteiger partial charge in [0.15, 0.2) is 5.76 Å². The largest absolute Gasteiger partial charge is 0.436 e. The number of oxazole rings is 1. The van der Waals surface area contributed by atoms with Gasteiger partial charge in [-0.2, -0.15) is 0 Å². The summed E-state index contributed by atoms with van der Waals surface area (Å²) < 4.78 is 6.04. The SMILES string of the molecule is Cc1cccc(N2CCN(C(=O)c3ccccc3-c3ncc(-c4ccccc4)o3)CC2)c1C. The molecule has 3 aromatic carbocycles. The van der Waals surface area contributed by atoms with Crippen molar-refractivity contribution in [2.24, 2.45) is 0 Å². The maximum Gasteiger partial charge on any atom is 0.254 e. The second kappa shape index (κ2) is 8.94. The first kappa shape index (κ1) is 21.0. The maximum absolute atomic E-state index is 13.5. The topological polar surface area (TPSA) is 49.6 Å². The van der Waals surface area contributed by atoms with Crippen molar-refractivity contribution in [3.8, 4) is 22.8 Å². The molecule has 0 unspecified atom stereocenters. The van der Waals surface area contributed by atoms with E-state index >= 15 is 0 Å². The van der Waals surface area contributed by atoms with Gasteiger partial charge >= 0.3 is 0 Å². The lowest BCUT2D eigenvalue weighted by molar-refractivity contribution is 0.0747. The van der Waals surface area contributed by atoms with Crippen molar-refractivity contribution in [1.29, 1.82) is 0 Å². The molecule has 0 N–H and O–H groups in total. The number of aryl methyl sites for hydroxylation is 1. The van der Waals surface area contributed by atoms with Gasteiger partial charge in [0, 0.05) is 43.0 Å². The van der Waals surface area contributed by atoms with Crippen LogP contribution in [0.5, 0.6) is 0 Å². The number of carbonyl (C=O) groups excluding carboxylic acids is 1. The molecule has 0 aliphatic carbocycles. The third kappa shape index (κ3) is 4.14. The van der Waals surface area contributed by atoms with Gasteiger partial charge in [-0.25, -0.2) is 4.98 Å². The number of anilines is 1. The highest BCUT2D eigenvalue weighted by atomic mass is 16.4. The number of aromatic nitrogens is 1. The lowest BCUT2D eigenvalue weighted by atomic mass is 10.0. The van der Waals surface area contributed by atoms with E-state index in [2.05, 4.69) is 41.9 Å². The standard InChI is InChI=1S/C28H27N3O2/c1-20-9-8-14-25(21(20)2)30-15-17-31(18-16-30)28(32)24-13-7-6-12-23(24)27-29-19-26(33-27)22-10-4-3-5-11-22/h3-14,19H,15-18H2,1-2H3. The van der Waals surface area contributed by atoms with E-state index in [1.807, 2.05) is 59.5 Å². The molecule has 1 amide bonds. The van der Waals surface area contributed by atoms with Crippen LogP contribution in [0.3, 0.4) is 0 Å². The zero-order valence-electron chi connectivity index (χ0n) is 19.0. The molecule has 0 bridgehead atoms. The Labute approximate surface area is 194 Å². The third-order valence-corrected chi connectivity index (χ3v) is 6.44. The molecule has 0 atom stereocenters. The molecule has 5 rings (SSSR count). The normalized spacial score (nSPS) is 13.9. The summed E-state index contributed by atoms with van der Waals surface area (Å²) in [6.45, 7) is 7.30. The van der Waals surface area contributed by atoms with E-state index in [1.54, 1.807) is 6.20 Å². The number of hydrogen-bond donors (Lipinski definition) is 0. The van der Waals surface area contributed by atoms with Gasteiger partial charge < -0.3 is 14.2 Å². The third-order valence-electron chi connectivity index (χ3n) is 6.44. The smallest absolute Gasteiger partial charge is 0.254 e. The molecule has 1 saturated heterocycles. The maximum atomic E-state index is 13.5. The first-order valence-electron chi connectivity index (χ1n) is 11.3. The molecule has 5 nitrogen and oxygen atoms in total. The molecule has 0 saturated carbocycles. The van der Waals surface area contributed by atoms with Gasteiger partial charge in [-0.05, 0) is 43.2 Å². The Morgan fingerprint density at radius 2 is 1.58 bits per heavy atom. The Bertz CT molecular complexity index is 1270. The molecule has 1 aliphatic rings. The summed E-state index contributed by atoms with van der Waals surface area (Å²) >= 11 is 0. The van der Waals surface area contributed by atoms with Crippen LogP contribution < -0.4 is 4.90 Å². The predicted molar refractivity (Wildman–Crippen MR) is 131 cm³/mol. The van der Waals surface area contributed by atoms with Gasteiger partial charge in [-0.1, -0.05) is 54.6 Å². The number of carbonyl (C=O) groups is 1. The van der Waals surface area contributed by atoms with Crippen LogP contribution in [0.1, 0.15) is 21.5 Å². The Balaban J connectivity index is 1.35. The van der Waals surface area contributed by atoms with Crippen molar-refractivity contribution < 1.29 is 9.21 Å². The van der Waals surface area contributed by atoms with E-state index in [0.29, 0.717) is 30.3 Å². The minimum atomic E-state index is 0.0191. The fourth-order valence-electron chi connectivity index (χ4n) is 4.39. The monoisotopic (exact) mass is 437 g/mol. The number of benzene rings is 3. The molecule has 1 fully saturated rings. The fraction of sp³-hybridized carbons (Fsp3) is 0.214. The van der Waals surface area contributed by atoms with Gasteiger partial charge in [-0.15, -0.1) is 0 Å². The van der Waals surface area contributed by atoms with Gasteiger partial charge in [0.05, 0.1) is 11.8 Å². The number of nitrogens with zero attached hydrogens (tertiary/aromatic N) is 3. The number of piperazine rings is 1. The molecule has 166 valence electrons. The van der Waals surface area contributed by atoms with Crippen molar-refractivity contribution in [3.05, 3.63) is 95.7 Å². The lowest BCUT2D eigenvalue weighted by Gasteiger charge is -2.37. The van der Waals surface area contributed by atoms with E-state index < -0.39 is 0 Å². The Morgan fingerprint density at radius 3 is 2.36 bits per heavy atom. The average Bonchev–Trinajstić information content (AvgIpc) is 3.36. The average molecular weight is 438 g/mol. The molecule has 2 heterocycles. The van der Waals surface area contributed by atoms with Gasteiger partial charge in [0.2, 0.25) is 5.89 Å². The van der Waals surface area contributed by atoms with E-state index in [-0.39, 0.29) is 5.91 Å². The number of hydrogen-bond acceptors (Lipinski definition) is 4.